The first-order valence-electron chi connectivity index (χ1n) is 3.80. The van der Waals surface area contributed by atoms with Gasteiger partial charge >= 0.3 is 74.6 Å². The Labute approximate surface area is 87.0 Å². The zero-order valence-electron chi connectivity index (χ0n) is 7.05. The second kappa shape index (κ2) is 5.19. The molecule has 1 aliphatic carbocycles. The van der Waals surface area contributed by atoms with Crippen LogP contribution < -0.4 is 0 Å². The van der Waals surface area contributed by atoms with Crippen molar-refractivity contribution in [2.75, 3.05) is 0 Å². The van der Waals surface area contributed by atoms with Gasteiger partial charge in [-0.3, -0.25) is 0 Å². The summed E-state index contributed by atoms with van der Waals surface area (Å²) in [6, 6.07) is 0. The monoisotopic (exact) mass is 205 g/mol. The summed E-state index contributed by atoms with van der Waals surface area (Å²) in [7, 11) is 0. The molecule has 0 atom stereocenters. The smallest absolute Gasteiger partial charge is 0.147 e. The van der Waals surface area contributed by atoms with Crippen LogP contribution in [0.25, 0.3) is 0 Å². The summed E-state index contributed by atoms with van der Waals surface area (Å²) in [6.07, 6.45) is 6.97. The quantitative estimate of drug-likeness (QED) is 0.607. The van der Waals surface area contributed by atoms with E-state index in [9.17, 15) is 0 Å². The van der Waals surface area contributed by atoms with E-state index >= 15 is 0 Å². The van der Waals surface area contributed by atoms with E-state index in [4.69, 9.17) is 0 Å². The van der Waals surface area contributed by atoms with E-state index in [0.29, 0.717) is 0 Å². The number of halogens is 1. The molecular formula is C9H14ClTi. The van der Waals surface area contributed by atoms with Crippen LogP contribution in [0.3, 0.4) is 0 Å². The molecule has 0 fully saturated rings. The van der Waals surface area contributed by atoms with Gasteiger partial charge in [0.15, 0.2) is 0 Å². The molecule has 0 radical (unpaired) electrons. The fraction of sp³-hybridized carbons (Fsp3) is 0.556. The molecule has 0 amide bonds. The molecule has 0 aromatic carbocycles. The summed E-state index contributed by atoms with van der Waals surface area (Å²) < 4.78 is 1.56. The molecule has 1 aliphatic rings. The largest absolute Gasteiger partial charge is 0.147 e. The third-order valence-corrected chi connectivity index (χ3v) is 2.48. The van der Waals surface area contributed by atoms with Gasteiger partial charge in [0.2, 0.25) is 0 Å². The van der Waals surface area contributed by atoms with E-state index in [0.717, 1.165) is 5.92 Å². The molecule has 0 aromatic rings. The van der Waals surface area contributed by atoms with Crippen molar-refractivity contribution in [1.82, 2.24) is 0 Å². The topological polar surface area (TPSA) is 0 Å². The van der Waals surface area contributed by atoms with Crippen molar-refractivity contribution in [1.29, 1.82) is 0 Å². The van der Waals surface area contributed by atoms with Crippen LogP contribution >= 0.6 is 12.4 Å². The summed E-state index contributed by atoms with van der Waals surface area (Å²) in [5.74, 6) is 0.799. The molecule has 61 valence electrons. The zero-order chi connectivity index (χ0) is 7.56. The van der Waals surface area contributed by atoms with Crippen LogP contribution in [0.1, 0.15) is 26.7 Å². The number of hydrogen-bond acceptors (Lipinski definition) is 0. The van der Waals surface area contributed by atoms with Gasteiger partial charge in [-0.05, 0) is 0 Å². The summed E-state index contributed by atoms with van der Waals surface area (Å²) in [5.41, 5.74) is 1.56. The Kier molecular flexibility index (Phi) is 5.42. The molecule has 0 aliphatic heterocycles. The van der Waals surface area contributed by atoms with Crippen molar-refractivity contribution in [3.8, 4) is 0 Å². The summed E-state index contributed by atoms with van der Waals surface area (Å²) in [4.78, 5) is 0. The normalized spacial score (nSPS) is 15.8. The van der Waals surface area contributed by atoms with Gasteiger partial charge in [-0.2, -0.15) is 0 Å². The first-order valence-corrected chi connectivity index (χ1v) is 4.58. The molecule has 0 N–H and O–H groups in total. The first-order chi connectivity index (χ1) is 4.70. The van der Waals surface area contributed by atoms with E-state index in [2.05, 4.69) is 46.4 Å². The Hall–Kier alpha value is 0.484. The molecule has 0 heterocycles. The second-order valence-electron chi connectivity index (χ2n) is 3.21. The van der Waals surface area contributed by atoms with Gasteiger partial charge in [0.25, 0.3) is 0 Å². The van der Waals surface area contributed by atoms with Gasteiger partial charge in [-0.15, -0.1) is 12.4 Å². The van der Waals surface area contributed by atoms with Crippen LogP contribution in [-0.2, 0) is 20.4 Å². The summed E-state index contributed by atoms with van der Waals surface area (Å²) in [6.45, 7) is 4.54. The molecule has 2 heteroatoms. The van der Waals surface area contributed by atoms with E-state index in [1.165, 1.54) is 12.8 Å². The van der Waals surface area contributed by atoms with E-state index in [-0.39, 0.29) is 12.4 Å². The maximum atomic E-state index is 2.27. The predicted octanol–water partition coefficient (Wildman–Crippen LogP) is 3.22. The fourth-order valence-corrected chi connectivity index (χ4v) is 1.66. The summed E-state index contributed by atoms with van der Waals surface area (Å²) >= 11 is 2.23. The SMILES string of the molecule is CC(C)CC1=[C]([Ti])CC=C1.Cl. The van der Waals surface area contributed by atoms with Crippen LogP contribution in [-0.4, -0.2) is 0 Å². The molecule has 0 spiro atoms. The third-order valence-electron chi connectivity index (χ3n) is 1.66. The van der Waals surface area contributed by atoms with Crippen molar-refractivity contribution in [2.24, 2.45) is 5.92 Å². The standard InChI is InChI=1S/C9H13.ClH.Ti/c1-8(2)7-9-5-3-4-6-9;;/h3,5,8H,4,7H2,1-2H3;1H;. The summed E-state index contributed by atoms with van der Waals surface area (Å²) in [5, 5.41) is 0. The van der Waals surface area contributed by atoms with Crippen LogP contribution in [0.2, 0.25) is 0 Å². The molecular weight excluding hydrogens is 191 g/mol. The molecule has 0 saturated heterocycles. The predicted molar refractivity (Wildman–Crippen MR) is 47.5 cm³/mol. The molecule has 0 saturated carbocycles. The van der Waals surface area contributed by atoms with Gasteiger partial charge in [-0.1, -0.05) is 0 Å². The van der Waals surface area contributed by atoms with Crippen LogP contribution in [0.5, 0.6) is 0 Å². The Morgan fingerprint density at radius 3 is 2.55 bits per heavy atom. The zero-order valence-corrected chi connectivity index (χ0v) is 9.43. The molecule has 11 heavy (non-hydrogen) atoms. The second-order valence-corrected chi connectivity index (χ2v) is 4.15. The average molecular weight is 206 g/mol. The van der Waals surface area contributed by atoms with Gasteiger partial charge in [-0.25, -0.2) is 0 Å². The minimum atomic E-state index is 0. The van der Waals surface area contributed by atoms with Crippen LogP contribution in [0.15, 0.2) is 21.6 Å². The average Bonchev–Trinajstić information content (AvgIpc) is 2.15. The van der Waals surface area contributed by atoms with E-state index in [1.807, 2.05) is 0 Å². The van der Waals surface area contributed by atoms with Crippen LogP contribution in [0, 0.1) is 5.92 Å². The molecule has 0 aromatic heterocycles. The minimum absolute atomic E-state index is 0. The maximum Gasteiger partial charge on any atom is -0.147 e. The third kappa shape index (κ3) is 3.60. The Morgan fingerprint density at radius 2 is 2.18 bits per heavy atom. The van der Waals surface area contributed by atoms with Gasteiger partial charge in [0, 0.05) is 0 Å². The van der Waals surface area contributed by atoms with Crippen molar-refractivity contribution in [3.63, 3.8) is 0 Å². The Bertz CT molecular complexity index is 180. The maximum absolute atomic E-state index is 2.27. The Morgan fingerprint density at radius 1 is 1.55 bits per heavy atom. The van der Waals surface area contributed by atoms with Gasteiger partial charge < -0.3 is 0 Å². The minimum Gasteiger partial charge on any atom is -0.147 e. The van der Waals surface area contributed by atoms with Crippen molar-refractivity contribution in [2.45, 2.75) is 26.7 Å². The van der Waals surface area contributed by atoms with Crippen molar-refractivity contribution >= 4 is 12.4 Å². The Balaban J connectivity index is 0.000001000. The van der Waals surface area contributed by atoms with Crippen molar-refractivity contribution in [3.05, 3.63) is 21.6 Å². The number of hydrogen-bond donors (Lipinski definition) is 0. The van der Waals surface area contributed by atoms with E-state index in [1.54, 1.807) is 9.45 Å². The van der Waals surface area contributed by atoms with Gasteiger partial charge in [0.1, 0.15) is 0 Å². The molecule has 0 unspecified atom stereocenters. The van der Waals surface area contributed by atoms with Crippen LogP contribution in [0.4, 0.5) is 0 Å². The first kappa shape index (κ1) is 11.5. The fourth-order valence-electron chi connectivity index (χ4n) is 1.18. The number of allylic oxidation sites excluding steroid dienone is 4. The van der Waals surface area contributed by atoms with E-state index < -0.39 is 0 Å². The molecule has 0 bridgehead atoms. The molecule has 1 rings (SSSR count). The van der Waals surface area contributed by atoms with Gasteiger partial charge in [0.05, 0.1) is 0 Å². The molecule has 0 nitrogen and oxygen atoms in total. The van der Waals surface area contributed by atoms with Crippen molar-refractivity contribution < 1.29 is 20.4 Å². The number of rotatable bonds is 2.